The number of nitrogens with one attached hydrogen (secondary N) is 2. The Kier molecular flexibility index (Phi) is 6.73. The Morgan fingerprint density at radius 3 is 2.57 bits per heavy atom. The molecule has 0 spiro atoms. The minimum Gasteiger partial charge on any atom is -0.494 e. The average Bonchev–Trinajstić information content (AvgIpc) is 3.44. The Morgan fingerprint density at radius 2 is 1.93 bits per heavy atom. The molecule has 1 aliphatic rings. The van der Waals surface area contributed by atoms with E-state index in [1.165, 1.54) is 25.7 Å². The highest BCUT2D eigenvalue weighted by atomic mass is 32.1. The number of aromatic nitrogens is 1. The molecule has 1 saturated carbocycles. The number of thiocarbonyl (C=S) groups is 1. The van der Waals surface area contributed by atoms with Crippen molar-refractivity contribution in [2.24, 2.45) is 0 Å². The molecule has 0 radical (unpaired) electrons. The van der Waals surface area contributed by atoms with E-state index < -0.39 is 0 Å². The van der Waals surface area contributed by atoms with E-state index in [0.717, 1.165) is 35.9 Å². The lowest BCUT2D eigenvalue weighted by Crippen LogP contribution is -2.34. The van der Waals surface area contributed by atoms with Gasteiger partial charge in [-0.15, -0.1) is 0 Å². The number of amides is 1. The van der Waals surface area contributed by atoms with Crippen molar-refractivity contribution in [2.75, 3.05) is 11.9 Å². The first-order valence-electron chi connectivity index (χ1n) is 10.0. The van der Waals surface area contributed by atoms with E-state index in [-0.39, 0.29) is 11.0 Å². The number of nitrogens with zero attached hydrogens (tertiary/aromatic N) is 1. The number of benzene rings is 1. The van der Waals surface area contributed by atoms with Gasteiger partial charge < -0.3 is 14.6 Å². The van der Waals surface area contributed by atoms with Crippen LogP contribution < -0.4 is 15.4 Å². The van der Waals surface area contributed by atoms with Gasteiger partial charge in [0.2, 0.25) is 0 Å². The molecule has 1 amide bonds. The summed E-state index contributed by atoms with van der Waals surface area (Å²) in [6.07, 6.45) is 5.80. The van der Waals surface area contributed by atoms with Gasteiger partial charge in [0, 0.05) is 23.1 Å². The van der Waals surface area contributed by atoms with Gasteiger partial charge in [-0.1, -0.05) is 19.8 Å². The summed E-state index contributed by atoms with van der Waals surface area (Å²) in [7, 11) is 0. The van der Waals surface area contributed by atoms with Crippen molar-refractivity contribution in [3.63, 3.8) is 0 Å². The first kappa shape index (κ1) is 20.4. The molecule has 28 heavy (non-hydrogen) atoms. The van der Waals surface area contributed by atoms with Crippen molar-refractivity contribution in [3.8, 4) is 5.75 Å². The Morgan fingerprint density at radius 1 is 1.21 bits per heavy atom. The number of ether oxygens (including phenoxy) is 1. The lowest BCUT2D eigenvalue weighted by atomic mass is 10.2. The van der Waals surface area contributed by atoms with Gasteiger partial charge in [0.25, 0.3) is 5.91 Å². The first-order chi connectivity index (χ1) is 13.5. The third kappa shape index (κ3) is 5.13. The zero-order valence-corrected chi connectivity index (χ0v) is 17.7. The molecule has 2 aromatic rings. The number of anilines is 1. The smallest absolute Gasteiger partial charge is 0.259 e. The van der Waals surface area contributed by atoms with E-state index in [1.807, 2.05) is 44.2 Å². The van der Waals surface area contributed by atoms with Crippen molar-refractivity contribution >= 4 is 28.9 Å². The van der Waals surface area contributed by atoms with Crippen LogP contribution in [0.15, 0.2) is 30.3 Å². The Hall–Kier alpha value is -2.34. The van der Waals surface area contributed by atoms with Crippen LogP contribution in [-0.2, 0) is 0 Å². The maximum atomic E-state index is 12.6. The predicted molar refractivity (Wildman–Crippen MR) is 117 cm³/mol. The summed E-state index contributed by atoms with van der Waals surface area (Å²) in [5.41, 5.74) is 3.63. The number of hydrogen-bond donors (Lipinski definition) is 2. The first-order valence-corrected chi connectivity index (χ1v) is 10.4. The number of aryl methyl sites for hydroxylation is 1. The van der Waals surface area contributed by atoms with Crippen LogP contribution in [0, 0.1) is 13.8 Å². The third-order valence-corrected chi connectivity index (χ3v) is 5.20. The van der Waals surface area contributed by atoms with Crippen molar-refractivity contribution in [1.29, 1.82) is 0 Å². The molecule has 150 valence electrons. The minimum absolute atomic E-state index is 0.173. The number of rotatable bonds is 8. The van der Waals surface area contributed by atoms with Crippen LogP contribution >= 0.6 is 12.2 Å². The summed E-state index contributed by atoms with van der Waals surface area (Å²) in [5, 5.41) is 6.13. The number of carbonyl (C=O) groups excluding carboxylic acids is 1. The molecule has 5 nitrogen and oxygen atoms in total. The van der Waals surface area contributed by atoms with E-state index in [9.17, 15) is 4.79 Å². The van der Waals surface area contributed by atoms with Gasteiger partial charge >= 0.3 is 0 Å². The summed E-state index contributed by atoms with van der Waals surface area (Å²) in [6.45, 7) is 6.95. The van der Waals surface area contributed by atoms with Gasteiger partial charge in [-0.25, -0.2) is 0 Å². The van der Waals surface area contributed by atoms with Gasteiger partial charge in [0.15, 0.2) is 5.11 Å². The van der Waals surface area contributed by atoms with Gasteiger partial charge in [-0.05, 0) is 75.7 Å². The van der Waals surface area contributed by atoms with E-state index in [1.54, 1.807) is 0 Å². The average molecular weight is 400 g/mol. The van der Waals surface area contributed by atoms with Crippen LogP contribution in [0.3, 0.4) is 0 Å². The third-order valence-electron chi connectivity index (χ3n) is 5.00. The molecule has 1 heterocycles. The topological polar surface area (TPSA) is 55.3 Å². The fourth-order valence-electron chi connectivity index (χ4n) is 3.41. The predicted octanol–water partition coefficient (Wildman–Crippen LogP) is 5.14. The molecular formula is C22H29N3O2S. The van der Waals surface area contributed by atoms with Crippen LogP contribution in [0.5, 0.6) is 5.75 Å². The molecule has 3 rings (SSSR count). The monoisotopic (exact) mass is 399 g/mol. The van der Waals surface area contributed by atoms with Gasteiger partial charge in [0.1, 0.15) is 5.75 Å². The largest absolute Gasteiger partial charge is 0.494 e. The zero-order valence-electron chi connectivity index (χ0n) is 16.9. The zero-order chi connectivity index (χ0) is 20.1. The van der Waals surface area contributed by atoms with Crippen molar-refractivity contribution in [2.45, 2.75) is 58.9 Å². The molecule has 1 aromatic heterocycles. The van der Waals surface area contributed by atoms with E-state index in [2.05, 4.69) is 22.1 Å². The summed E-state index contributed by atoms with van der Waals surface area (Å²) < 4.78 is 7.96. The molecule has 1 aromatic carbocycles. The summed E-state index contributed by atoms with van der Waals surface area (Å²) in [6, 6.07) is 10.1. The van der Waals surface area contributed by atoms with Gasteiger partial charge in [-0.2, -0.15) is 0 Å². The highest BCUT2D eigenvalue weighted by Crippen LogP contribution is 2.38. The molecule has 6 heteroatoms. The highest BCUT2D eigenvalue weighted by Gasteiger charge is 2.28. The molecule has 1 fully saturated rings. The van der Waals surface area contributed by atoms with Gasteiger partial charge in [-0.3, -0.25) is 10.1 Å². The van der Waals surface area contributed by atoms with Crippen molar-refractivity contribution in [1.82, 2.24) is 9.88 Å². The maximum Gasteiger partial charge on any atom is 0.259 e. The molecule has 0 bridgehead atoms. The number of unbranched alkanes of at least 4 members (excludes halogenated alkanes) is 2. The lowest BCUT2D eigenvalue weighted by Gasteiger charge is -2.11. The van der Waals surface area contributed by atoms with Crippen LogP contribution in [0.2, 0.25) is 0 Å². The highest BCUT2D eigenvalue weighted by molar-refractivity contribution is 7.80. The van der Waals surface area contributed by atoms with Gasteiger partial charge in [0.05, 0.1) is 12.2 Å². The second kappa shape index (κ2) is 9.24. The Balaban J connectivity index is 1.52. The molecule has 0 unspecified atom stereocenters. The maximum absolute atomic E-state index is 12.6. The van der Waals surface area contributed by atoms with E-state index in [0.29, 0.717) is 11.6 Å². The standard InChI is InChI=1S/C22H29N3O2S/c1-4-5-6-13-27-19-11-7-17(8-12-19)23-22(28)24-21(26)20-14-15(2)25(16(20)3)18-9-10-18/h7-8,11-12,14,18H,4-6,9-10,13H2,1-3H3,(H2,23,24,26,28). The minimum atomic E-state index is -0.173. The Bertz CT molecular complexity index is 838. The summed E-state index contributed by atoms with van der Waals surface area (Å²) in [5.74, 6) is 0.664. The van der Waals surface area contributed by atoms with E-state index >= 15 is 0 Å². The lowest BCUT2D eigenvalue weighted by molar-refractivity contribution is 0.0977. The van der Waals surface area contributed by atoms with Crippen LogP contribution in [-0.4, -0.2) is 22.2 Å². The second-order valence-electron chi connectivity index (χ2n) is 7.37. The molecule has 0 saturated heterocycles. The summed E-state index contributed by atoms with van der Waals surface area (Å²) >= 11 is 5.31. The van der Waals surface area contributed by atoms with Crippen LogP contribution in [0.1, 0.15) is 66.8 Å². The normalized spacial score (nSPS) is 13.2. The van der Waals surface area contributed by atoms with Crippen molar-refractivity contribution < 1.29 is 9.53 Å². The van der Waals surface area contributed by atoms with Crippen LogP contribution in [0.25, 0.3) is 0 Å². The number of hydrogen-bond acceptors (Lipinski definition) is 3. The SMILES string of the molecule is CCCCCOc1ccc(NC(=S)NC(=O)c2cc(C)n(C3CC3)c2C)cc1. The molecular weight excluding hydrogens is 370 g/mol. The second-order valence-corrected chi connectivity index (χ2v) is 7.78. The molecule has 0 aliphatic heterocycles. The van der Waals surface area contributed by atoms with E-state index in [4.69, 9.17) is 17.0 Å². The fourth-order valence-corrected chi connectivity index (χ4v) is 3.62. The summed E-state index contributed by atoms with van der Waals surface area (Å²) in [4.78, 5) is 12.6. The fraction of sp³-hybridized carbons (Fsp3) is 0.455. The van der Waals surface area contributed by atoms with Crippen LogP contribution in [0.4, 0.5) is 5.69 Å². The molecule has 2 N–H and O–H groups in total. The Labute approximate surface area is 172 Å². The molecule has 0 atom stereocenters. The van der Waals surface area contributed by atoms with Crippen molar-refractivity contribution in [3.05, 3.63) is 47.3 Å². The molecule has 1 aliphatic carbocycles. The quantitative estimate of drug-likeness (QED) is 0.477. The number of carbonyl (C=O) groups is 1.